The van der Waals surface area contributed by atoms with Gasteiger partial charge in [0.1, 0.15) is 12.6 Å². The number of ketones is 1. The van der Waals surface area contributed by atoms with Gasteiger partial charge in [-0.2, -0.15) is 0 Å². The fourth-order valence-corrected chi connectivity index (χ4v) is 4.34. The number of hydrogen-bond donors (Lipinski definition) is 2. The number of phenolic OH excluding ortho intramolecular Hbond substituents is 1. The third-order valence-corrected chi connectivity index (χ3v) is 5.27. The number of methoxy groups -OCH3 is 1. The molecule has 1 aromatic carbocycles. The summed E-state index contributed by atoms with van der Waals surface area (Å²) in [7, 11) is 1.58. The predicted octanol–water partition coefficient (Wildman–Crippen LogP) is 0.338. The van der Waals surface area contributed by atoms with Crippen LogP contribution in [0.25, 0.3) is 0 Å². The van der Waals surface area contributed by atoms with E-state index in [9.17, 15) is 9.90 Å². The van der Waals surface area contributed by atoms with Crippen LogP contribution in [-0.2, 0) is 16.8 Å². The van der Waals surface area contributed by atoms with E-state index in [0.717, 1.165) is 19.5 Å². The van der Waals surface area contributed by atoms with Crippen molar-refractivity contribution in [2.75, 3.05) is 13.7 Å². The van der Waals surface area contributed by atoms with Crippen molar-refractivity contribution in [2.45, 2.75) is 30.8 Å². The standard InChI is InChI=1S/C16H17NO3/c1-20-14-8-12-10(6-13(14)19)9-17-5-4-16(12)3-2-11(18)7-15(16)17/h2-3,6,8,15,19H,4-5,7,9H2,1H3/p+1/t15-,16-/m0/s1. The quantitative estimate of drug-likeness (QED) is 0.775. The minimum absolute atomic E-state index is 0.0438. The summed E-state index contributed by atoms with van der Waals surface area (Å²) in [6, 6.07) is 4.16. The average molecular weight is 272 g/mol. The summed E-state index contributed by atoms with van der Waals surface area (Å²) in [5.41, 5.74) is 2.38. The Morgan fingerprint density at radius 3 is 3.10 bits per heavy atom. The molecule has 2 bridgehead atoms. The molecule has 0 aromatic heterocycles. The fraction of sp³-hybridized carbons (Fsp3) is 0.438. The van der Waals surface area contributed by atoms with Crippen LogP contribution in [0.1, 0.15) is 24.0 Å². The zero-order valence-corrected chi connectivity index (χ0v) is 11.5. The van der Waals surface area contributed by atoms with Gasteiger partial charge in [-0.25, -0.2) is 0 Å². The molecule has 4 nitrogen and oxygen atoms in total. The van der Waals surface area contributed by atoms with E-state index < -0.39 is 0 Å². The molecule has 3 aliphatic rings. The van der Waals surface area contributed by atoms with Gasteiger partial charge in [-0.3, -0.25) is 4.79 Å². The average Bonchev–Trinajstić information content (AvgIpc) is 2.71. The van der Waals surface area contributed by atoms with Crippen LogP contribution in [0, 0.1) is 0 Å². The highest BCUT2D eigenvalue weighted by molar-refractivity contribution is 5.92. The lowest BCUT2D eigenvalue weighted by Crippen LogP contribution is -3.14. The number of nitrogens with one attached hydrogen (secondary N) is 1. The van der Waals surface area contributed by atoms with E-state index in [4.69, 9.17) is 4.74 Å². The number of carbonyl (C=O) groups excluding carboxylic acids is 1. The van der Waals surface area contributed by atoms with E-state index in [1.54, 1.807) is 13.2 Å². The van der Waals surface area contributed by atoms with Crippen molar-refractivity contribution in [3.63, 3.8) is 0 Å². The van der Waals surface area contributed by atoms with Gasteiger partial charge in [0.15, 0.2) is 17.3 Å². The first-order valence-corrected chi connectivity index (χ1v) is 7.11. The lowest BCUT2D eigenvalue weighted by atomic mass is 9.67. The number of allylic oxidation sites excluding steroid dienone is 1. The number of aromatic hydroxyl groups is 1. The SMILES string of the molecule is COc1cc2c(cc1O)C[NH+]1CC[C@@]23C=CC(=O)C[C@H]13. The van der Waals surface area contributed by atoms with Crippen LogP contribution >= 0.6 is 0 Å². The summed E-state index contributed by atoms with van der Waals surface area (Å²) >= 11 is 0. The van der Waals surface area contributed by atoms with Gasteiger partial charge >= 0.3 is 0 Å². The van der Waals surface area contributed by atoms with Crippen molar-refractivity contribution in [2.24, 2.45) is 0 Å². The predicted molar refractivity (Wildman–Crippen MR) is 73.0 cm³/mol. The van der Waals surface area contributed by atoms with E-state index in [2.05, 4.69) is 6.08 Å². The Hall–Kier alpha value is -1.81. The van der Waals surface area contributed by atoms with Crippen molar-refractivity contribution in [1.29, 1.82) is 0 Å². The lowest BCUT2D eigenvalue weighted by molar-refractivity contribution is -0.929. The molecule has 1 aromatic rings. The topological polar surface area (TPSA) is 51.0 Å². The second-order valence-corrected chi connectivity index (χ2v) is 6.11. The number of hydrogen-bond acceptors (Lipinski definition) is 3. The molecular weight excluding hydrogens is 254 g/mol. The van der Waals surface area contributed by atoms with Crippen molar-refractivity contribution < 1.29 is 19.5 Å². The Labute approximate surface area is 117 Å². The minimum atomic E-state index is -0.0438. The van der Waals surface area contributed by atoms with Gasteiger partial charge in [-0.1, -0.05) is 6.08 Å². The van der Waals surface area contributed by atoms with E-state index in [-0.39, 0.29) is 16.9 Å². The van der Waals surface area contributed by atoms with Crippen LogP contribution in [0.3, 0.4) is 0 Å². The Balaban J connectivity index is 1.95. The Kier molecular flexibility index (Phi) is 2.31. The second-order valence-electron chi connectivity index (χ2n) is 6.11. The number of carbonyl (C=O) groups is 1. The van der Waals surface area contributed by atoms with Crippen LogP contribution in [0.2, 0.25) is 0 Å². The smallest absolute Gasteiger partial charge is 0.161 e. The number of ether oxygens (including phenoxy) is 1. The molecule has 0 spiro atoms. The Morgan fingerprint density at radius 1 is 1.45 bits per heavy atom. The van der Waals surface area contributed by atoms with Gasteiger partial charge in [0, 0.05) is 12.0 Å². The molecule has 2 aliphatic heterocycles. The molecule has 2 N–H and O–H groups in total. The molecule has 4 rings (SSSR count). The molecule has 2 heterocycles. The molecule has 0 radical (unpaired) electrons. The van der Waals surface area contributed by atoms with E-state index in [0.29, 0.717) is 18.2 Å². The summed E-state index contributed by atoms with van der Waals surface area (Å²) in [5.74, 6) is 0.966. The third kappa shape index (κ3) is 1.37. The highest BCUT2D eigenvalue weighted by Gasteiger charge is 2.56. The molecule has 104 valence electrons. The Bertz CT molecular complexity index is 637. The first-order chi connectivity index (χ1) is 9.64. The van der Waals surface area contributed by atoms with Crippen molar-refractivity contribution in [1.82, 2.24) is 0 Å². The molecule has 1 saturated heterocycles. The molecule has 0 saturated carbocycles. The fourth-order valence-electron chi connectivity index (χ4n) is 4.34. The van der Waals surface area contributed by atoms with E-state index in [1.165, 1.54) is 16.0 Å². The van der Waals surface area contributed by atoms with Gasteiger partial charge in [-0.05, 0) is 23.8 Å². The molecule has 1 fully saturated rings. The molecule has 20 heavy (non-hydrogen) atoms. The first-order valence-electron chi connectivity index (χ1n) is 7.11. The second kappa shape index (κ2) is 3.85. The van der Waals surface area contributed by atoms with E-state index in [1.807, 2.05) is 12.1 Å². The molecule has 1 unspecified atom stereocenters. The van der Waals surface area contributed by atoms with Crippen LogP contribution in [0.15, 0.2) is 24.3 Å². The van der Waals surface area contributed by atoms with Crippen LogP contribution in [0.4, 0.5) is 0 Å². The third-order valence-electron chi connectivity index (χ3n) is 5.27. The zero-order chi connectivity index (χ0) is 13.9. The molecule has 0 amide bonds. The largest absolute Gasteiger partial charge is 0.504 e. The lowest BCUT2D eigenvalue weighted by Gasteiger charge is -2.40. The molecule has 3 atom stereocenters. The zero-order valence-electron chi connectivity index (χ0n) is 11.5. The van der Waals surface area contributed by atoms with E-state index >= 15 is 0 Å². The maximum absolute atomic E-state index is 11.8. The summed E-state index contributed by atoms with van der Waals surface area (Å²) < 4.78 is 5.27. The maximum Gasteiger partial charge on any atom is 0.161 e. The van der Waals surface area contributed by atoms with Crippen molar-refractivity contribution in [3.8, 4) is 11.5 Å². The van der Waals surface area contributed by atoms with Crippen LogP contribution in [0.5, 0.6) is 11.5 Å². The molecular formula is C16H18NO3+. The highest BCUT2D eigenvalue weighted by Crippen LogP contribution is 2.46. The molecule has 4 heteroatoms. The number of rotatable bonds is 1. The van der Waals surface area contributed by atoms with Gasteiger partial charge in [0.25, 0.3) is 0 Å². The molecule has 1 aliphatic carbocycles. The van der Waals surface area contributed by atoms with Crippen molar-refractivity contribution >= 4 is 5.78 Å². The monoisotopic (exact) mass is 272 g/mol. The minimum Gasteiger partial charge on any atom is -0.504 e. The van der Waals surface area contributed by atoms with Gasteiger partial charge in [0.2, 0.25) is 0 Å². The summed E-state index contributed by atoms with van der Waals surface area (Å²) in [4.78, 5) is 13.2. The first kappa shape index (κ1) is 12.0. The van der Waals surface area contributed by atoms with Gasteiger partial charge in [-0.15, -0.1) is 0 Å². The Morgan fingerprint density at radius 2 is 2.30 bits per heavy atom. The number of benzene rings is 1. The number of fused-ring (bicyclic) bond motifs is 1. The maximum atomic E-state index is 11.8. The normalized spacial score (nSPS) is 33.8. The van der Waals surface area contributed by atoms with Crippen LogP contribution < -0.4 is 9.64 Å². The summed E-state index contributed by atoms with van der Waals surface area (Å²) in [5, 5.41) is 9.99. The highest BCUT2D eigenvalue weighted by atomic mass is 16.5. The van der Waals surface area contributed by atoms with Gasteiger partial charge in [0.05, 0.1) is 25.5 Å². The summed E-state index contributed by atoms with van der Waals surface area (Å²) in [6.07, 6.45) is 5.55. The number of quaternary nitrogens is 1. The number of phenols is 1. The van der Waals surface area contributed by atoms with Gasteiger partial charge < -0.3 is 14.7 Å². The van der Waals surface area contributed by atoms with Crippen molar-refractivity contribution in [3.05, 3.63) is 35.4 Å². The van der Waals surface area contributed by atoms with Crippen LogP contribution in [-0.4, -0.2) is 30.6 Å². The summed E-state index contributed by atoms with van der Waals surface area (Å²) in [6.45, 7) is 1.97.